The molecule has 2 aromatic heterocycles. The van der Waals surface area contributed by atoms with Crippen LogP contribution in [0.15, 0.2) is 17.2 Å². The lowest BCUT2D eigenvalue weighted by Gasteiger charge is -1.99. The summed E-state index contributed by atoms with van der Waals surface area (Å²) in [6.45, 7) is 0. The van der Waals surface area contributed by atoms with Gasteiger partial charge in [0, 0.05) is 27.3 Å². The number of H-pyrrole nitrogens is 1. The van der Waals surface area contributed by atoms with E-state index in [2.05, 4.69) is 25.7 Å². The van der Waals surface area contributed by atoms with Crippen molar-refractivity contribution in [3.63, 3.8) is 0 Å². The standard InChI is InChI=1S/C12H10F2IN5/c13-10-3-8(15)7(12(14)17-10)5-16-19-11-4-9(18-20-11)6-1-2-6/h3-6H,1-2H2,(H2,18,19,20)/b16-5-. The third-order valence-electron chi connectivity index (χ3n) is 2.92. The largest absolute Gasteiger partial charge is 0.280 e. The molecule has 1 fully saturated rings. The molecular weight excluding hydrogens is 379 g/mol. The highest BCUT2D eigenvalue weighted by molar-refractivity contribution is 14.1. The van der Waals surface area contributed by atoms with E-state index in [1.165, 1.54) is 19.1 Å². The fraction of sp³-hybridized carbons (Fsp3) is 0.250. The van der Waals surface area contributed by atoms with Gasteiger partial charge in [-0.05, 0) is 35.4 Å². The molecule has 104 valence electrons. The second-order valence-electron chi connectivity index (χ2n) is 4.48. The first-order valence-corrected chi connectivity index (χ1v) is 7.07. The lowest BCUT2D eigenvalue weighted by molar-refractivity contribution is 0.510. The number of hydrogen-bond donors (Lipinski definition) is 2. The van der Waals surface area contributed by atoms with Crippen molar-refractivity contribution < 1.29 is 8.78 Å². The molecule has 0 amide bonds. The first-order valence-electron chi connectivity index (χ1n) is 5.99. The molecule has 2 aromatic rings. The van der Waals surface area contributed by atoms with Crippen LogP contribution in [0.3, 0.4) is 0 Å². The van der Waals surface area contributed by atoms with Crippen LogP contribution in [0.4, 0.5) is 14.6 Å². The molecule has 1 aliphatic rings. The number of hydrogen-bond acceptors (Lipinski definition) is 4. The average molecular weight is 389 g/mol. The summed E-state index contributed by atoms with van der Waals surface area (Å²) in [5, 5.41) is 10.9. The highest BCUT2D eigenvalue weighted by Gasteiger charge is 2.25. The number of anilines is 1. The number of rotatable bonds is 4. The van der Waals surface area contributed by atoms with Crippen LogP contribution in [0.1, 0.15) is 30.0 Å². The van der Waals surface area contributed by atoms with Gasteiger partial charge in [-0.3, -0.25) is 10.5 Å². The predicted molar refractivity (Wildman–Crippen MR) is 78.6 cm³/mol. The van der Waals surface area contributed by atoms with Crippen LogP contribution in [0.2, 0.25) is 0 Å². The molecular formula is C12H10F2IN5. The minimum absolute atomic E-state index is 0.137. The second-order valence-corrected chi connectivity index (χ2v) is 5.65. The molecule has 2 heterocycles. The Morgan fingerprint density at radius 1 is 1.40 bits per heavy atom. The lowest BCUT2D eigenvalue weighted by atomic mass is 10.3. The van der Waals surface area contributed by atoms with Crippen LogP contribution in [-0.4, -0.2) is 21.4 Å². The summed E-state index contributed by atoms with van der Waals surface area (Å²) in [5.74, 6) is -0.602. The van der Waals surface area contributed by atoms with Crippen LogP contribution in [0.25, 0.3) is 0 Å². The van der Waals surface area contributed by atoms with Gasteiger partial charge < -0.3 is 0 Å². The van der Waals surface area contributed by atoms with Crippen molar-refractivity contribution >= 4 is 34.6 Å². The van der Waals surface area contributed by atoms with Crippen LogP contribution in [0.5, 0.6) is 0 Å². The third kappa shape index (κ3) is 2.94. The van der Waals surface area contributed by atoms with Gasteiger partial charge in [0.25, 0.3) is 0 Å². The van der Waals surface area contributed by atoms with E-state index in [-0.39, 0.29) is 5.56 Å². The number of hydrazone groups is 1. The summed E-state index contributed by atoms with van der Waals surface area (Å²) in [6.07, 6.45) is 3.61. The Morgan fingerprint density at radius 3 is 2.90 bits per heavy atom. The summed E-state index contributed by atoms with van der Waals surface area (Å²) in [4.78, 5) is 3.12. The van der Waals surface area contributed by atoms with Gasteiger partial charge in [-0.2, -0.15) is 24.0 Å². The maximum Gasteiger partial charge on any atom is 0.225 e. The summed E-state index contributed by atoms with van der Waals surface area (Å²) in [6, 6.07) is 3.02. The monoisotopic (exact) mass is 389 g/mol. The summed E-state index contributed by atoms with van der Waals surface area (Å²) in [5.41, 5.74) is 3.91. The van der Waals surface area contributed by atoms with E-state index >= 15 is 0 Å². The van der Waals surface area contributed by atoms with E-state index in [4.69, 9.17) is 0 Å². The Morgan fingerprint density at radius 2 is 2.20 bits per heavy atom. The topological polar surface area (TPSA) is 66.0 Å². The Labute approximate surface area is 127 Å². The zero-order valence-electron chi connectivity index (χ0n) is 10.2. The van der Waals surface area contributed by atoms with E-state index in [0.29, 0.717) is 15.3 Å². The first-order chi connectivity index (χ1) is 9.63. The van der Waals surface area contributed by atoms with E-state index in [9.17, 15) is 8.78 Å². The molecule has 3 rings (SSSR count). The molecule has 0 spiro atoms. The van der Waals surface area contributed by atoms with E-state index < -0.39 is 11.9 Å². The van der Waals surface area contributed by atoms with Crippen molar-refractivity contribution in [2.75, 3.05) is 5.43 Å². The number of pyridine rings is 1. The first kappa shape index (κ1) is 13.4. The maximum atomic E-state index is 13.5. The van der Waals surface area contributed by atoms with Crippen molar-refractivity contribution in [2.45, 2.75) is 18.8 Å². The lowest BCUT2D eigenvalue weighted by Crippen LogP contribution is -2.01. The zero-order valence-corrected chi connectivity index (χ0v) is 12.4. The maximum absolute atomic E-state index is 13.5. The molecule has 0 aliphatic heterocycles. The highest BCUT2D eigenvalue weighted by atomic mass is 127. The minimum Gasteiger partial charge on any atom is -0.280 e. The number of aromatic nitrogens is 3. The molecule has 1 aliphatic carbocycles. The van der Waals surface area contributed by atoms with Gasteiger partial charge in [0.2, 0.25) is 11.9 Å². The van der Waals surface area contributed by atoms with Gasteiger partial charge >= 0.3 is 0 Å². The van der Waals surface area contributed by atoms with Crippen molar-refractivity contribution in [1.29, 1.82) is 0 Å². The number of aromatic amines is 1. The Hall–Kier alpha value is -1.58. The summed E-state index contributed by atoms with van der Waals surface area (Å²) >= 11 is 1.83. The van der Waals surface area contributed by atoms with Gasteiger partial charge in [-0.25, -0.2) is 0 Å². The zero-order chi connectivity index (χ0) is 14.1. The molecule has 2 N–H and O–H groups in total. The highest BCUT2D eigenvalue weighted by Crippen LogP contribution is 2.39. The summed E-state index contributed by atoms with van der Waals surface area (Å²) in [7, 11) is 0. The van der Waals surface area contributed by atoms with Crippen LogP contribution in [0, 0.1) is 15.5 Å². The Balaban J connectivity index is 1.70. The normalized spacial score (nSPS) is 14.9. The van der Waals surface area contributed by atoms with Crippen molar-refractivity contribution in [3.05, 3.63) is 38.9 Å². The molecule has 1 saturated carbocycles. The quantitative estimate of drug-likeness (QED) is 0.366. The van der Waals surface area contributed by atoms with Crippen LogP contribution in [-0.2, 0) is 0 Å². The fourth-order valence-corrected chi connectivity index (χ4v) is 2.36. The number of nitrogens with zero attached hydrogens (tertiary/aromatic N) is 3. The molecule has 0 bridgehead atoms. The second kappa shape index (κ2) is 5.43. The third-order valence-corrected chi connectivity index (χ3v) is 3.81. The van der Waals surface area contributed by atoms with Gasteiger partial charge in [0.05, 0.1) is 11.8 Å². The molecule has 20 heavy (non-hydrogen) atoms. The van der Waals surface area contributed by atoms with E-state index in [1.54, 1.807) is 0 Å². The smallest absolute Gasteiger partial charge is 0.225 e. The molecule has 0 atom stereocenters. The minimum atomic E-state index is -0.888. The fourth-order valence-electron chi connectivity index (χ4n) is 1.74. The number of halogens is 3. The number of nitrogens with one attached hydrogen (secondary N) is 2. The van der Waals surface area contributed by atoms with E-state index in [1.807, 2.05) is 28.7 Å². The van der Waals surface area contributed by atoms with Gasteiger partial charge in [-0.1, -0.05) is 0 Å². The van der Waals surface area contributed by atoms with Crippen molar-refractivity contribution in [2.24, 2.45) is 5.10 Å². The van der Waals surface area contributed by atoms with Crippen LogP contribution >= 0.6 is 22.6 Å². The molecule has 8 heteroatoms. The van der Waals surface area contributed by atoms with Gasteiger partial charge in [0.1, 0.15) is 0 Å². The van der Waals surface area contributed by atoms with Crippen LogP contribution < -0.4 is 5.43 Å². The molecule has 0 unspecified atom stereocenters. The molecule has 0 saturated heterocycles. The Kier molecular flexibility index (Phi) is 3.64. The van der Waals surface area contributed by atoms with Gasteiger partial charge in [-0.15, -0.1) is 0 Å². The van der Waals surface area contributed by atoms with Crippen molar-refractivity contribution in [1.82, 2.24) is 15.2 Å². The van der Waals surface area contributed by atoms with Crippen molar-refractivity contribution in [3.8, 4) is 0 Å². The van der Waals surface area contributed by atoms with E-state index in [0.717, 1.165) is 11.8 Å². The SMILES string of the molecule is Fc1cc(I)c(/C=N\Nc2cc(C3CC3)[nH]n2)c(F)n1. The Bertz CT molecular complexity index is 643. The summed E-state index contributed by atoms with van der Waals surface area (Å²) < 4.78 is 26.7. The molecule has 5 nitrogen and oxygen atoms in total. The van der Waals surface area contributed by atoms with Gasteiger partial charge in [0.15, 0.2) is 5.82 Å². The average Bonchev–Trinajstić information content (AvgIpc) is 3.13. The predicted octanol–water partition coefficient (Wildman–Crippen LogP) is 3.01. The molecule has 0 radical (unpaired) electrons. The molecule has 0 aromatic carbocycles.